The summed E-state index contributed by atoms with van der Waals surface area (Å²) in [5, 5.41) is 0. The van der Waals surface area contributed by atoms with Crippen molar-refractivity contribution >= 4 is 0 Å². The van der Waals surface area contributed by atoms with Gasteiger partial charge >= 0.3 is 0 Å². The van der Waals surface area contributed by atoms with E-state index in [2.05, 4.69) is 4.90 Å². The Bertz CT molecular complexity index is 1030. The highest BCUT2D eigenvalue weighted by Crippen LogP contribution is 2.39. The van der Waals surface area contributed by atoms with Crippen LogP contribution in [0.5, 0.6) is 11.5 Å². The number of ether oxygens (including phenoxy) is 2. The number of rotatable bonds is 6. The summed E-state index contributed by atoms with van der Waals surface area (Å²) in [4.78, 5) is 7.19. The molecule has 30 heavy (non-hydrogen) atoms. The topological polar surface area (TPSA) is 47.7 Å². The van der Waals surface area contributed by atoms with Crippen molar-refractivity contribution in [1.82, 2.24) is 9.88 Å². The predicted molar refractivity (Wildman–Crippen MR) is 113 cm³/mol. The van der Waals surface area contributed by atoms with E-state index in [0.717, 1.165) is 53.3 Å². The molecule has 1 atom stereocenters. The van der Waals surface area contributed by atoms with Gasteiger partial charge in [0.05, 0.1) is 25.5 Å². The first-order valence-electron chi connectivity index (χ1n) is 10.2. The van der Waals surface area contributed by atoms with Crippen LogP contribution in [-0.2, 0) is 6.54 Å². The van der Waals surface area contributed by atoms with Crippen molar-refractivity contribution in [3.8, 4) is 23.0 Å². The fraction of sp³-hybridized carbons (Fsp3) is 0.375. The number of benzene rings is 2. The van der Waals surface area contributed by atoms with Crippen molar-refractivity contribution in [3.05, 3.63) is 64.8 Å². The number of aromatic nitrogens is 1. The average Bonchev–Trinajstić information content (AvgIpc) is 3.35. The van der Waals surface area contributed by atoms with Crippen LogP contribution in [0.4, 0.5) is 4.39 Å². The summed E-state index contributed by atoms with van der Waals surface area (Å²) in [7, 11) is 3.28. The molecule has 5 nitrogen and oxygen atoms in total. The van der Waals surface area contributed by atoms with E-state index in [0.29, 0.717) is 18.2 Å². The Morgan fingerprint density at radius 1 is 1.10 bits per heavy atom. The highest BCUT2D eigenvalue weighted by molar-refractivity contribution is 5.68. The fourth-order valence-corrected chi connectivity index (χ4v) is 4.29. The average molecular weight is 410 g/mol. The van der Waals surface area contributed by atoms with Gasteiger partial charge in [0.25, 0.3) is 0 Å². The van der Waals surface area contributed by atoms with Crippen LogP contribution in [0.25, 0.3) is 11.5 Å². The van der Waals surface area contributed by atoms with Gasteiger partial charge in [0.1, 0.15) is 23.1 Å². The van der Waals surface area contributed by atoms with Crippen molar-refractivity contribution in [2.75, 3.05) is 20.8 Å². The van der Waals surface area contributed by atoms with E-state index < -0.39 is 0 Å². The lowest BCUT2D eigenvalue weighted by Gasteiger charge is -2.24. The molecule has 0 bridgehead atoms. The van der Waals surface area contributed by atoms with E-state index in [1.165, 1.54) is 12.1 Å². The molecule has 0 radical (unpaired) electrons. The fourth-order valence-electron chi connectivity index (χ4n) is 4.29. The third-order valence-electron chi connectivity index (χ3n) is 5.87. The minimum absolute atomic E-state index is 0.205. The zero-order valence-electron chi connectivity index (χ0n) is 17.9. The summed E-state index contributed by atoms with van der Waals surface area (Å²) in [6.45, 7) is 5.57. The van der Waals surface area contributed by atoms with Crippen molar-refractivity contribution in [2.45, 2.75) is 39.3 Å². The summed E-state index contributed by atoms with van der Waals surface area (Å²) in [6, 6.07) is 10.9. The van der Waals surface area contributed by atoms with Gasteiger partial charge in [-0.15, -0.1) is 0 Å². The second-order valence-electron chi connectivity index (χ2n) is 7.68. The number of nitrogens with zero attached hydrogens (tertiary/aromatic N) is 2. The molecule has 1 aliphatic rings. The van der Waals surface area contributed by atoms with E-state index in [-0.39, 0.29) is 11.9 Å². The summed E-state index contributed by atoms with van der Waals surface area (Å²) in [5.41, 5.74) is 3.77. The van der Waals surface area contributed by atoms with E-state index in [1.807, 2.05) is 38.1 Å². The minimum Gasteiger partial charge on any atom is -0.496 e. The second-order valence-corrected chi connectivity index (χ2v) is 7.68. The third kappa shape index (κ3) is 3.79. The Morgan fingerprint density at radius 2 is 1.87 bits per heavy atom. The van der Waals surface area contributed by atoms with E-state index in [1.54, 1.807) is 14.2 Å². The van der Waals surface area contributed by atoms with Crippen LogP contribution in [0.1, 0.15) is 41.5 Å². The molecule has 158 valence electrons. The molecule has 0 spiro atoms. The van der Waals surface area contributed by atoms with Crippen molar-refractivity contribution < 1.29 is 18.3 Å². The van der Waals surface area contributed by atoms with E-state index >= 15 is 0 Å². The van der Waals surface area contributed by atoms with Crippen LogP contribution in [0, 0.1) is 19.7 Å². The molecular weight excluding hydrogens is 383 g/mol. The summed E-state index contributed by atoms with van der Waals surface area (Å²) in [5.74, 6) is 2.60. The van der Waals surface area contributed by atoms with Crippen LogP contribution in [-0.4, -0.2) is 30.6 Å². The van der Waals surface area contributed by atoms with Gasteiger partial charge < -0.3 is 13.9 Å². The van der Waals surface area contributed by atoms with Gasteiger partial charge in [-0.25, -0.2) is 9.37 Å². The molecule has 1 aromatic heterocycles. The normalized spacial score (nSPS) is 16.8. The van der Waals surface area contributed by atoms with Crippen LogP contribution < -0.4 is 9.47 Å². The Morgan fingerprint density at radius 3 is 2.57 bits per heavy atom. The molecule has 0 saturated carbocycles. The van der Waals surface area contributed by atoms with Gasteiger partial charge in [0, 0.05) is 18.2 Å². The predicted octanol–water partition coefficient (Wildman–Crippen LogP) is 5.45. The van der Waals surface area contributed by atoms with Crippen LogP contribution in [0.15, 0.2) is 40.8 Å². The van der Waals surface area contributed by atoms with Crippen molar-refractivity contribution in [3.63, 3.8) is 0 Å². The SMILES string of the molecule is COc1ccc(-c2nc(CN3CCCC3c3ccc(F)cc3)c(C)o2)c(OC)c1C. The zero-order chi connectivity index (χ0) is 21.3. The molecule has 0 amide bonds. The number of hydrogen-bond donors (Lipinski definition) is 0. The van der Waals surface area contributed by atoms with Crippen molar-refractivity contribution in [1.29, 1.82) is 0 Å². The first kappa shape index (κ1) is 20.4. The highest BCUT2D eigenvalue weighted by Gasteiger charge is 2.28. The molecule has 3 aromatic rings. The first-order chi connectivity index (χ1) is 14.5. The summed E-state index contributed by atoms with van der Waals surface area (Å²) in [6.07, 6.45) is 2.16. The third-order valence-corrected chi connectivity index (χ3v) is 5.87. The quantitative estimate of drug-likeness (QED) is 0.541. The highest BCUT2D eigenvalue weighted by atomic mass is 19.1. The maximum atomic E-state index is 13.3. The molecule has 2 aromatic carbocycles. The molecule has 4 rings (SSSR count). The number of halogens is 1. The van der Waals surface area contributed by atoms with Crippen LogP contribution >= 0.6 is 0 Å². The van der Waals surface area contributed by atoms with Gasteiger partial charge in [0.2, 0.25) is 5.89 Å². The lowest BCUT2D eigenvalue weighted by atomic mass is 10.0. The molecule has 0 aliphatic carbocycles. The summed E-state index contributed by atoms with van der Waals surface area (Å²) < 4.78 is 30.4. The maximum absolute atomic E-state index is 13.3. The van der Waals surface area contributed by atoms with Crippen LogP contribution in [0.3, 0.4) is 0 Å². The molecule has 6 heteroatoms. The Hall–Kier alpha value is -2.86. The van der Waals surface area contributed by atoms with Gasteiger partial charge in [0.15, 0.2) is 0 Å². The molecule has 1 unspecified atom stereocenters. The van der Waals surface area contributed by atoms with Gasteiger partial charge in [-0.2, -0.15) is 0 Å². The number of likely N-dealkylation sites (tertiary alicyclic amines) is 1. The number of hydrogen-bond acceptors (Lipinski definition) is 5. The molecule has 0 N–H and O–H groups in total. The zero-order valence-corrected chi connectivity index (χ0v) is 17.9. The van der Waals surface area contributed by atoms with Gasteiger partial charge in [-0.3, -0.25) is 4.90 Å². The number of aryl methyl sites for hydroxylation is 1. The summed E-state index contributed by atoms with van der Waals surface area (Å²) >= 11 is 0. The Balaban J connectivity index is 1.60. The largest absolute Gasteiger partial charge is 0.496 e. The van der Waals surface area contributed by atoms with Crippen LogP contribution in [0.2, 0.25) is 0 Å². The standard InChI is InChI=1S/C24H27FN2O3/c1-15-22(28-3)12-11-19(23(15)29-4)24-26-20(16(2)30-24)14-27-13-5-6-21(27)17-7-9-18(25)10-8-17/h7-12,21H,5-6,13-14H2,1-4H3. The Labute approximate surface area is 176 Å². The minimum atomic E-state index is -0.205. The number of methoxy groups -OCH3 is 2. The van der Waals surface area contributed by atoms with E-state index in [9.17, 15) is 4.39 Å². The molecule has 2 heterocycles. The molecule has 1 aliphatic heterocycles. The lowest BCUT2D eigenvalue weighted by Crippen LogP contribution is -2.23. The smallest absolute Gasteiger partial charge is 0.230 e. The monoisotopic (exact) mass is 410 g/mol. The van der Waals surface area contributed by atoms with Gasteiger partial charge in [-0.1, -0.05) is 12.1 Å². The Kier molecular flexibility index (Phi) is 5.77. The van der Waals surface area contributed by atoms with Crippen molar-refractivity contribution in [2.24, 2.45) is 0 Å². The number of oxazole rings is 1. The lowest BCUT2D eigenvalue weighted by molar-refractivity contribution is 0.244. The van der Waals surface area contributed by atoms with Gasteiger partial charge in [-0.05, 0) is 63.1 Å². The van der Waals surface area contributed by atoms with E-state index in [4.69, 9.17) is 18.9 Å². The maximum Gasteiger partial charge on any atom is 0.230 e. The first-order valence-corrected chi connectivity index (χ1v) is 10.2. The molecule has 1 fully saturated rings. The molecule has 1 saturated heterocycles. The molecular formula is C24H27FN2O3. The second kappa shape index (κ2) is 8.48.